The molecule has 2 bridgehead atoms. The molecule has 1 saturated heterocycles. The molecule has 0 radical (unpaired) electrons. The molecule has 0 saturated carbocycles. The van der Waals surface area contributed by atoms with E-state index in [1.807, 2.05) is 28.8 Å². The molecule has 1 aromatic carbocycles. The molecule has 26 heavy (non-hydrogen) atoms. The van der Waals surface area contributed by atoms with Crippen molar-refractivity contribution in [2.24, 2.45) is 5.92 Å². The molecule has 3 heterocycles. The maximum Gasteiger partial charge on any atom is 0.338 e. The first-order valence-corrected chi connectivity index (χ1v) is 9.35. The highest BCUT2D eigenvalue weighted by Crippen LogP contribution is 2.34. The normalized spacial score (nSPS) is 21.8. The molecule has 5 nitrogen and oxygen atoms in total. The van der Waals surface area contributed by atoms with Crippen LogP contribution in [0.15, 0.2) is 53.3 Å². The van der Waals surface area contributed by atoms with Gasteiger partial charge in [0.1, 0.15) is 0 Å². The second kappa shape index (κ2) is 7.46. The van der Waals surface area contributed by atoms with E-state index in [0.717, 1.165) is 32.6 Å². The number of carbonyl (C=O) groups excluding carboxylic acids is 1. The van der Waals surface area contributed by atoms with Crippen LogP contribution in [0.5, 0.6) is 0 Å². The second-order valence-corrected chi connectivity index (χ2v) is 7.31. The van der Waals surface area contributed by atoms with Crippen molar-refractivity contribution in [3.63, 3.8) is 0 Å². The summed E-state index contributed by atoms with van der Waals surface area (Å²) in [7, 11) is 0. The zero-order valence-corrected chi connectivity index (χ0v) is 14.8. The summed E-state index contributed by atoms with van der Waals surface area (Å²) in [4.78, 5) is 26.5. The molecule has 1 aromatic heterocycles. The maximum absolute atomic E-state index is 12.1. The van der Waals surface area contributed by atoms with Crippen molar-refractivity contribution >= 4 is 5.97 Å². The van der Waals surface area contributed by atoms with Gasteiger partial charge in [-0.1, -0.05) is 24.3 Å². The number of likely N-dealkylation sites (tertiary alicyclic amines) is 1. The SMILES string of the molecule is O=C(OCCCN1CC2CC(C1)c1cccc(=O)n1C2)c1ccccc1. The van der Waals surface area contributed by atoms with Crippen molar-refractivity contribution in [2.45, 2.75) is 25.3 Å². The lowest BCUT2D eigenvalue weighted by Gasteiger charge is -2.42. The van der Waals surface area contributed by atoms with E-state index >= 15 is 0 Å². The van der Waals surface area contributed by atoms with Crippen molar-refractivity contribution in [3.8, 4) is 0 Å². The van der Waals surface area contributed by atoms with E-state index in [4.69, 9.17) is 4.74 Å². The smallest absolute Gasteiger partial charge is 0.338 e. The number of aromatic nitrogens is 1. The zero-order valence-electron chi connectivity index (χ0n) is 14.8. The van der Waals surface area contributed by atoms with Gasteiger partial charge >= 0.3 is 5.97 Å². The number of rotatable bonds is 5. The Bertz CT molecular complexity index is 831. The van der Waals surface area contributed by atoms with Gasteiger partial charge in [0.05, 0.1) is 12.2 Å². The summed E-state index contributed by atoms with van der Waals surface area (Å²) in [6, 6.07) is 14.7. The van der Waals surface area contributed by atoms with Gasteiger partial charge in [-0.05, 0) is 37.0 Å². The minimum atomic E-state index is -0.255. The van der Waals surface area contributed by atoms with Crippen LogP contribution in [0.4, 0.5) is 0 Å². The largest absolute Gasteiger partial charge is 0.462 e. The summed E-state index contributed by atoms with van der Waals surface area (Å²) >= 11 is 0. The molecule has 0 amide bonds. The lowest BCUT2D eigenvalue weighted by molar-refractivity contribution is 0.0470. The number of hydrogen-bond acceptors (Lipinski definition) is 4. The number of esters is 1. The summed E-state index contributed by atoms with van der Waals surface area (Å²) < 4.78 is 7.33. The third-order valence-electron chi connectivity index (χ3n) is 5.42. The number of carbonyl (C=O) groups is 1. The summed E-state index contributed by atoms with van der Waals surface area (Å²) in [6.07, 6.45) is 2.00. The van der Waals surface area contributed by atoms with E-state index in [1.165, 1.54) is 12.1 Å². The lowest BCUT2D eigenvalue weighted by Crippen LogP contribution is -2.47. The monoisotopic (exact) mass is 352 g/mol. The number of fused-ring (bicyclic) bond motifs is 4. The Balaban J connectivity index is 1.28. The third kappa shape index (κ3) is 3.58. The van der Waals surface area contributed by atoms with Crippen LogP contribution in [0, 0.1) is 5.92 Å². The number of nitrogens with zero attached hydrogens (tertiary/aromatic N) is 2. The minimum absolute atomic E-state index is 0.124. The third-order valence-corrected chi connectivity index (χ3v) is 5.42. The van der Waals surface area contributed by atoms with Crippen LogP contribution >= 0.6 is 0 Å². The highest BCUT2D eigenvalue weighted by atomic mass is 16.5. The molecule has 5 heteroatoms. The van der Waals surface area contributed by atoms with E-state index in [-0.39, 0.29) is 11.5 Å². The quantitative estimate of drug-likeness (QED) is 0.613. The molecule has 2 atom stereocenters. The summed E-state index contributed by atoms with van der Waals surface area (Å²) in [5.41, 5.74) is 1.90. The molecule has 2 aliphatic rings. The summed E-state index contributed by atoms with van der Waals surface area (Å²) in [5.74, 6) is 0.714. The molecular weight excluding hydrogens is 328 g/mol. The molecule has 2 unspecified atom stereocenters. The van der Waals surface area contributed by atoms with Gasteiger partial charge in [-0.25, -0.2) is 4.79 Å². The fraction of sp³-hybridized carbons (Fsp3) is 0.429. The number of piperidine rings is 1. The van der Waals surface area contributed by atoms with Crippen LogP contribution in [0.2, 0.25) is 0 Å². The van der Waals surface area contributed by atoms with Crippen LogP contribution in [0.1, 0.15) is 34.8 Å². The molecule has 136 valence electrons. The van der Waals surface area contributed by atoms with Crippen LogP contribution in [0.25, 0.3) is 0 Å². The minimum Gasteiger partial charge on any atom is -0.462 e. The number of pyridine rings is 1. The molecular formula is C21H24N2O3. The Morgan fingerprint density at radius 2 is 1.88 bits per heavy atom. The van der Waals surface area contributed by atoms with E-state index in [9.17, 15) is 9.59 Å². The molecule has 2 aliphatic heterocycles. The van der Waals surface area contributed by atoms with Gasteiger partial charge in [-0.15, -0.1) is 0 Å². The zero-order chi connectivity index (χ0) is 17.9. The number of hydrogen-bond donors (Lipinski definition) is 0. The van der Waals surface area contributed by atoms with Gasteiger partial charge in [0, 0.05) is 43.9 Å². The van der Waals surface area contributed by atoms with Crippen molar-refractivity contribution in [3.05, 3.63) is 70.1 Å². The van der Waals surface area contributed by atoms with Crippen LogP contribution in [-0.4, -0.2) is 41.7 Å². The Labute approximate surface area is 153 Å². The molecule has 0 spiro atoms. The number of benzene rings is 1. The van der Waals surface area contributed by atoms with Crippen LogP contribution < -0.4 is 5.56 Å². The standard InChI is InChI=1S/C21H24N2O3/c24-20-9-4-8-19-18-12-16(14-23(19)20)13-22(15-18)10-5-11-26-21(25)17-6-2-1-3-7-17/h1-4,6-9,16,18H,5,10-15H2. The first-order valence-electron chi connectivity index (χ1n) is 9.35. The average molecular weight is 352 g/mol. The van der Waals surface area contributed by atoms with Gasteiger partial charge in [0.2, 0.25) is 0 Å². The fourth-order valence-corrected chi connectivity index (χ4v) is 4.29. The average Bonchev–Trinajstić information content (AvgIpc) is 2.67. The molecule has 1 fully saturated rings. The van der Waals surface area contributed by atoms with Crippen molar-refractivity contribution in [1.29, 1.82) is 0 Å². The second-order valence-electron chi connectivity index (χ2n) is 7.31. The molecule has 0 aliphatic carbocycles. The Hall–Kier alpha value is -2.40. The van der Waals surface area contributed by atoms with E-state index in [0.29, 0.717) is 24.0 Å². The maximum atomic E-state index is 12.1. The Kier molecular flexibility index (Phi) is 4.89. The Morgan fingerprint density at radius 3 is 2.73 bits per heavy atom. The van der Waals surface area contributed by atoms with Crippen molar-refractivity contribution < 1.29 is 9.53 Å². The summed E-state index contributed by atoms with van der Waals surface area (Å²) in [6.45, 7) is 4.18. The highest BCUT2D eigenvalue weighted by Gasteiger charge is 2.34. The molecule has 4 rings (SSSR count). The van der Waals surface area contributed by atoms with Gasteiger partial charge in [0.25, 0.3) is 5.56 Å². The summed E-state index contributed by atoms with van der Waals surface area (Å²) in [5, 5.41) is 0. The van der Waals surface area contributed by atoms with Gasteiger partial charge in [-0.2, -0.15) is 0 Å². The Morgan fingerprint density at radius 1 is 1.04 bits per heavy atom. The van der Waals surface area contributed by atoms with E-state index in [1.54, 1.807) is 18.2 Å². The molecule has 2 aromatic rings. The van der Waals surface area contributed by atoms with Gasteiger partial charge < -0.3 is 14.2 Å². The predicted molar refractivity (Wildman–Crippen MR) is 99.3 cm³/mol. The topological polar surface area (TPSA) is 51.5 Å². The van der Waals surface area contributed by atoms with Crippen molar-refractivity contribution in [2.75, 3.05) is 26.2 Å². The van der Waals surface area contributed by atoms with Gasteiger partial charge in [0.15, 0.2) is 0 Å². The highest BCUT2D eigenvalue weighted by molar-refractivity contribution is 5.89. The lowest BCUT2D eigenvalue weighted by atomic mass is 9.83. The van der Waals surface area contributed by atoms with Crippen LogP contribution in [-0.2, 0) is 11.3 Å². The van der Waals surface area contributed by atoms with Crippen molar-refractivity contribution in [1.82, 2.24) is 9.47 Å². The fourth-order valence-electron chi connectivity index (χ4n) is 4.29. The first-order chi connectivity index (χ1) is 12.7. The van der Waals surface area contributed by atoms with Crippen LogP contribution in [0.3, 0.4) is 0 Å². The van der Waals surface area contributed by atoms with Gasteiger partial charge in [-0.3, -0.25) is 4.79 Å². The first kappa shape index (κ1) is 17.0. The van der Waals surface area contributed by atoms with E-state index in [2.05, 4.69) is 11.0 Å². The number of ether oxygens (including phenoxy) is 1. The molecule has 0 N–H and O–H groups in total. The van der Waals surface area contributed by atoms with E-state index < -0.39 is 0 Å². The predicted octanol–water partition coefficient (Wildman–Crippen LogP) is 2.51.